The van der Waals surface area contributed by atoms with E-state index in [2.05, 4.69) is 25.0 Å². The Morgan fingerprint density at radius 3 is 2.50 bits per heavy atom. The molecule has 3 aromatic rings. The van der Waals surface area contributed by atoms with Crippen molar-refractivity contribution in [1.82, 2.24) is 24.8 Å². The van der Waals surface area contributed by atoms with Crippen LogP contribution in [0.3, 0.4) is 0 Å². The van der Waals surface area contributed by atoms with Gasteiger partial charge in [0.2, 0.25) is 5.82 Å². The van der Waals surface area contributed by atoms with Crippen molar-refractivity contribution >= 4 is 5.65 Å². The predicted molar refractivity (Wildman–Crippen MR) is 75.1 cm³/mol. The molecule has 0 saturated heterocycles. The van der Waals surface area contributed by atoms with Crippen molar-refractivity contribution in [1.29, 1.82) is 0 Å². The van der Waals surface area contributed by atoms with Gasteiger partial charge >= 0.3 is 6.18 Å². The Balaban J connectivity index is 1.94. The molecule has 3 heterocycles. The number of hydrogen-bond acceptors (Lipinski definition) is 5. The van der Waals surface area contributed by atoms with Gasteiger partial charge in [0.1, 0.15) is 0 Å². The Bertz CT molecular complexity index is 941. The third-order valence-electron chi connectivity index (χ3n) is 3.33. The summed E-state index contributed by atoms with van der Waals surface area (Å²) in [5.41, 5.74) is 0.141. The Labute approximate surface area is 141 Å². The summed E-state index contributed by atoms with van der Waals surface area (Å²) in [6.07, 6.45) is -8.85. The van der Waals surface area contributed by atoms with E-state index in [1.807, 2.05) is 0 Å². The van der Waals surface area contributed by atoms with E-state index in [0.717, 1.165) is 16.8 Å². The summed E-state index contributed by atoms with van der Waals surface area (Å²) in [7, 11) is 0. The fourth-order valence-electron chi connectivity index (χ4n) is 1.98. The summed E-state index contributed by atoms with van der Waals surface area (Å²) < 4.78 is 82.4. The van der Waals surface area contributed by atoms with Crippen LogP contribution in [0.15, 0.2) is 24.4 Å². The number of halogens is 6. The largest absolute Gasteiger partial charge is 0.463 e. The maximum absolute atomic E-state index is 14.0. The van der Waals surface area contributed by atoms with Crippen LogP contribution in [0.2, 0.25) is 0 Å². The lowest BCUT2D eigenvalue weighted by molar-refractivity contribution is -0.190. The van der Waals surface area contributed by atoms with E-state index in [9.17, 15) is 26.3 Å². The molecule has 1 atom stereocenters. The first-order chi connectivity index (χ1) is 12.2. The molecule has 0 unspecified atom stereocenters. The molecule has 0 amide bonds. The standard InChI is InChI=1S/C14H9F6N5O/c1-6(14(18,19)20)26-13-8(15)4-7(5-21-13)9-2-3-10-22-23-12(11(16)17)25(10)24-9/h2-6,11H,1H3/t6-/m1/s1. The van der Waals surface area contributed by atoms with Crippen molar-refractivity contribution in [2.24, 2.45) is 0 Å². The molecule has 0 spiro atoms. The zero-order chi connectivity index (χ0) is 19.1. The highest BCUT2D eigenvalue weighted by atomic mass is 19.4. The van der Waals surface area contributed by atoms with Gasteiger partial charge in [-0.15, -0.1) is 10.2 Å². The molecule has 0 bridgehead atoms. The topological polar surface area (TPSA) is 65.2 Å². The van der Waals surface area contributed by atoms with Crippen molar-refractivity contribution < 1.29 is 31.1 Å². The summed E-state index contributed by atoms with van der Waals surface area (Å²) in [6, 6.07) is 3.52. The summed E-state index contributed by atoms with van der Waals surface area (Å²) in [5, 5.41) is 10.7. The van der Waals surface area contributed by atoms with Crippen molar-refractivity contribution in [2.45, 2.75) is 25.6 Å². The lowest BCUT2D eigenvalue weighted by Crippen LogP contribution is -2.31. The molecule has 0 N–H and O–H groups in total. The molecule has 0 fully saturated rings. The molecule has 6 nitrogen and oxygen atoms in total. The van der Waals surface area contributed by atoms with Gasteiger partial charge in [0.05, 0.1) is 5.69 Å². The van der Waals surface area contributed by atoms with Crippen LogP contribution < -0.4 is 4.74 Å². The summed E-state index contributed by atoms with van der Waals surface area (Å²) in [6.45, 7) is 0.711. The minimum Gasteiger partial charge on any atom is -0.463 e. The summed E-state index contributed by atoms with van der Waals surface area (Å²) >= 11 is 0. The molecular formula is C14H9F6N5O. The molecule has 3 aromatic heterocycles. The number of ether oxygens (including phenoxy) is 1. The monoisotopic (exact) mass is 377 g/mol. The number of aromatic nitrogens is 5. The van der Waals surface area contributed by atoms with Gasteiger partial charge in [0.15, 0.2) is 17.6 Å². The van der Waals surface area contributed by atoms with E-state index in [4.69, 9.17) is 0 Å². The van der Waals surface area contributed by atoms with Crippen LogP contribution in [-0.2, 0) is 0 Å². The zero-order valence-corrected chi connectivity index (χ0v) is 12.9. The third kappa shape index (κ3) is 3.39. The Hall–Kier alpha value is -2.92. The molecule has 0 saturated carbocycles. The Morgan fingerprint density at radius 2 is 1.88 bits per heavy atom. The summed E-state index contributed by atoms with van der Waals surface area (Å²) in [4.78, 5) is 3.51. The number of rotatable bonds is 4. The van der Waals surface area contributed by atoms with Gasteiger partial charge in [0, 0.05) is 11.8 Å². The van der Waals surface area contributed by atoms with Crippen molar-refractivity contribution in [2.75, 3.05) is 0 Å². The first kappa shape index (κ1) is 17.9. The minimum absolute atomic E-state index is 0.0426. The van der Waals surface area contributed by atoms with E-state index in [0.29, 0.717) is 6.92 Å². The molecule has 0 aromatic carbocycles. The normalized spacial score (nSPS) is 13.4. The van der Waals surface area contributed by atoms with Crippen LogP contribution in [0.4, 0.5) is 26.3 Å². The third-order valence-corrected chi connectivity index (χ3v) is 3.33. The van der Waals surface area contributed by atoms with Crippen LogP contribution in [-0.4, -0.2) is 37.1 Å². The van der Waals surface area contributed by atoms with Gasteiger partial charge < -0.3 is 4.74 Å². The number of hydrogen-bond donors (Lipinski definition) is 0. The van der Waals surface area contributed by atoms with Gasteiger partial charge in [-0.25, -0.2) is 18.2 Å². The highest BCUT2D eigenvalue weighted by Gasteiger charge is 2.38. The molecule has 12 heteroatoms. The first-order valence-electron chi connectivity index (χ1n) is 7.06. The van der Waals surface area contributed by atoms with Crippen LogP contribution in [0.25, 0.3) is 16.9 Å². The van der Waals surface area contributed by atoms with Crippen LogP contribution >= 0.6 is 0 Å². The smallest absolute Gasteiger partial charge is 0.425 e. The van der Waals surface area contributed by atoms with E-state index < -0.39 is 36.2 Å². The number of alkyl halides is 5. The molecule has 0 aliphatic carbocycles. The van der Waals surface area contributed by atoms with Gasteiger partial charge in [-0.3, -0.25) is 0 Å². The number of pyridine rings is 1. The van der Waals surface area contributed by atoms with Crippen molar-refractivity contribution in [3.63, 3.8) is 0 Å². The second kappa shape index (κ2) is 6.42. The fraction of sp³-hybridized carbons (Fsp3) is 0.286. The van der Waals surface area contributed by atoms with Crippen molar-refractivity contribution in [3.8, 4) is 17.1 Å². The van der Waals surface area contributed by atoms with Gasteiger partial charge in [-0.2, -0.15) is 22.8 Å². The van der Waals surface area contributed by atoms with E-state index in [1.54, 1.807) is 0 Å². The molecule has 26 heavy (non-hydrogen) atoms. The Morgan fingerprint density at radius 1 is 1.15 bits per heavy atom. The second-order valence-corrected chi connectivity index (χ2v) is 5.16. The highest BCUT2D eigenvalue weighted by Crippen LogP contribution is 2.27. The minimum atomic E-state index is -4.68. The predicted octanol–water partition coefficient (Wildman–Crippen LogP) is 3.59. The SMILES string of the molecule is C[C@@H](Oc1ncc(-c2ccc3nnc(C(F)F)n3n2)cc1F)C(F)(F)F. The average Bonchev–Trinajstić information content (AvgIpc) is 2.99. The zero-order valence-electron chi connectivity index (χ0n) is 12.9. The molecular weight excluding hydrogens is 368 g/mol. The second-order valence-electron chi connectivity index (χ2n) is 5.16. The van der Waals surface area contributed by atoms with Gasteiger partial charge in [-0.1, -0.05) is 0 Å². The highest BCUT2D eigenvalue weighted by molar-refractivity contribution is 5.59. The molecule has 138 valence electrons. The molecule has 0 aliphatic rings. The lowest BCUT2D eigenvalue weighted by Gasteiger charge is -2.17. The molecule has 0 aliphatic heterocycles. The fourth-order valence-corrected chi connectivity index (χ4v) is 1.98. The summed E-state index contributed by atoms with van der Waals surface area (Å²) in [5.74, 6) is -2.69. The Kier molecular flexibility index (Phi) is 4.42. The lowest BCUT2D eigenvalue weighted by atomic mass is 10.2. The van der Waals surface area contributed by atoms with E-state index in [-0.39, 0.29) is 16.9 Å². The van der Waals surface area contributed by atoms with Crippen molar-refractivity contribution in [3.05, 3.63) is 36.0 Å². The maximum atomic E-state index is 14.0. The first-order valence-corrected chi connectivity index (χ1v) is 7.06. The molecule has 0 radical (unpaired) electrons. The van der Waals surface area contributed by atoms with Gasteiger partial charge in [-0.05, 0) is 25.1 Å². The quantitative estimate of drug-likeness (QED) is 0.650. The van der Waals surface area contributed by atoms with E-state index in [1.165, 1.54) is 12.1 Å². The average molecular weight is 377 g/mol. The van der Waals surface area contributed by atoms with Gasteiger partial charge in [0.25, 0.3) is 12.3 Å². The molecule has 3 rings (SSSR count). The van der Waals surface area contributed by atoms with Crippen LogP contribution in [0.1, 0.15) is 19.2 Å². The number of nitrogens with zero attached hydrogens (tertiary/aromatic N) is 5. The van der Waals surface area contributed by atoms with E-state index >= 15 is 0 Å². The number of fused-ring (bicyclic) bond motifs is 1. The van der Waals surface area contributed by atoms with Crippen LogP contribution in [0.5, 0.6) is 5.88 Å². The van der Waals surface area contributed by atoms with Crippen LogP contribution in [0, 0.1) is 5.82 Å². The maximum Gasteiger partial charge on any atom is 0.425 e.